The van der Waals surface area contributed by atoms with Crippen molar-refractivity contribution < 1.29 is 0 Å². The van der Waals surface area contributed by atoms with Crippen LogP contribution in [0.4, 0.5) is 0 Å². The molecular formula is C17H16. The molecule has 1 aromatic rings. The summed E-state index contributed by atoms with van der Waals surface area (Å²) < 4.78 is 0. The van der Waals surface area contributed by atoms with E-state index in [0.717, 1.165) is 12.3 Å². The molecule has 4 rings (SSSR count). The summed E-state index contributed by atoms with van der Waals surface area (Å²) in [5.74, 6) is 1.44. The van der Waals surface area contributed by atoms with Crippen LogP contribution in [0.15, 0.2) is 47.6 Å². The predicted octanol–water partition coefficient (Wildman–Crippen LogP) is 4.25. The van der Waals surface area contributed by atoms with Gasteiger partial charge in [-0.05, 0) is 46.6 Å². The molecular weight excluding hydrogens is 204 g/mol. The Morgan fingerprint density at radius 2 is 2.18 bits per heavy atom. The van der Waals surface area contributed by atoms with Gasteiger partial charge in [-0.2, -0.15) is 0 Å². The van der Waals surface area contributed by atoms with Gasteiger partial charge in [-0.3, -0.25) is 0 Å². The molecule has 0 N–H and O–H groups in total. The molecule has 0 heterocycles. The Morgan fingerprint density at radius 1 is 1.24 bits per heavy atom. The van der Waals surface area contributed by atoms with Crippen molar-refractivity contribution in [2.45, 2.75) is 25.7 Å². The lowest BCUT2D eigenvalue weighted by atomic mass is 9.86. The van der Waals surface area contributed by atoms with Gasteiger partial charge in [0.25, 0.3) is 0 Å². The highest BCUT2D eigenvalue weighted by molar-refractivity contribution is 5.75. The molecule has 0 heteroatoms. The van der Waals surface area contributed by atoms with Crippen molar-refractivity contribution in [1.29, 1.82) is 0 Å². The number of hydrogen-bond donors (Lipinski definition) is 0. The minimum Gasteiger partial charge on any atom is -0.0801 e. The summed E-state index contributed by atoms with van der Waals surface area (Å²) in [5.41, 5.74) is 7.80. The molecule has 3 aliphatic carbocycles. The molecule has 0 aromatic heterocycles. The zero-order valence-electron chi connectivity index (χ0n) is 10.1. The van der Waals surface area contributed by atoms with E-state index in [1.165, 1.54) is 17.6 Å². The van der Waals surface area contributed by atoms with Crippen LogP contribution in [0.1, 0.15) is 36.0 Å². The van der Waals surface area contributed by atoms with Crippen LogP contribution in [-0.4, -0.2) is 0 Å². The minimum atomic E-state index is 0.673. The lowest BCUT2D eigenvalue weighted by molar-refractivity contribution is 0.558. The van der Waals surface area contributed by atoms with E-state index in [-0.39, 0.29) is 0 Å². The van der Waals surface area contributed by atoms with E-state index in [4.69, 9.17) is 0 Å². The second-order valence-electron chi connectivity index (χ2n) is 5.50. The van der Waals surface area contributed by atoms with Gasteiger partial charge in [0.05, 0.1) is 0 Å². The summed E-state index contributed by atoms with van der Waals surface area (Å²) in [5, 5.41) is 0. The SMILES string of the molecule is CC1Cc2cccc3c2C1C(C1=CC=CC1)=C3. The maximum atomic E-state index is 2.43. The minimum absolute atomic E-state index is 0.673. The number of allylic oxidation sites excluding steroid dienone is 5. The first-order valence-electron chi connectivity index (χ1n) is 6.54. The highest BCUT2D eigenvalue weighted by Gasteiger charge is 2.38. The molecule has 17 heavy (non-hydrogen) atoms. The molecule has 0 bridgehead atoms. The number of benzene rings is 1. The van der Waals surface area contributed by atoms with Gasteiger partial charge in [0.1, 0.15) is 0 Å². The Labute approximate surface area is 102 Å². The topological polar surface area (TPSA) is 0 Å². The monoisotopic (exact) mass is 220 g/mol. The normalized spacial score (nSPS) is 28.3. The lowest BCUT2D eigenvalue weighted by Gasteiger charge is -2.17. The number of rotatable bonds is 1. The zero-order chi connectivity index (χ0) is 11.4. The molecule has 2 atom stereocenters. The third-order valence-corrected chi connectivity index (χ3v) is 4.44. The van der Waals surface area contributed by atoms with Crippen molar-refractivity contribution in [1.82, 2.24) is 0 Å². The molecule has 0 radical (unpaired) electrons. The molecule has 2 unspecified atom stereocenters. The van der Waals surface area contributed by atoms with Gasteiger partial charge in [-0.1, -0.05) is 49.4 Å². The van der Waals surface area contributed by atoms with Gasteiger partial charge in [0.2, 0.25) is 0 Å². The average Bonchev–Trinajstić information content (AvgIpc) is 3.02. The molecule has 0 nitrogen and oxygen atoms in total. The van der Waals surface area contributed by atoms with Crippen LogP contribution in [0.3, 0.4) is 0 Å². The van der Waals surface area contributed by atoms with Crippen molar-refractivity contribution in [3.8, 4) is 0 Å². The lowest BCUT2D eigenvalue weighted by Crippen LogP contribution is -2.05. The highest BCUT2D eigenvalue weighted by atomic mass is 14.4. The first-order valence-corrected chi connectivity index (χ1v) is 6.54. The second-order valence-corrected chi connectivity index (χ2v) is 5.50. The van der Waals surface area contributed by atoms with Crippen LogP contribution in [0, 0.1) is 5.92 Å². The average molecular weight is 220 g/mol. The summed E-state index contributed by atoms with van der Waals surface area (Å²) in [4.78, 5) is 0. The largest absolute Gasteiger partial charge is 0.0801 e. The quantitative estimate of drug-likeness (QED) is 0.664. The summed E-state index contributed by atoms with van der Waals surface area (Å²) in [6, 6.07) is 6.80. The Kier molecular flexibility index (Phi) is 1.80. The standard InChI is InChI=1S/C17H16/c1-11-9-13-7-4-8-14-10-15(16(11)17(13)14)12-5-2-3-6-12/h2-5,7-8,10-11,16H,6,9H2,1H3. The fourth-order valence-electron chi connectivity index (χ4n) is 3.74. The summed E-state index contributed by atoms with van der Waals surface area (Å²) in [6.45, 7) is 2.40. The molecule has 84 valence electrons. The van der Waals surface area contributed by atoms with Gasteiger partial charge in [0.15, 0.2) is 0 Å². The van der Waals surface area contributed by atoms with Crippen molar-refractivity contribution >= 4 is 6.08 Å². The predicted molar refractivity (Wildman–Crippen MR) is 71.9 cm³/mol. The third kappa shape index (κ3) is 1.18. The molecule has 0 aliphatic heterocycles. The van der Waals surface area contributed by atoms with Crippen molar-refractivity contribution in [3.63, 3.8) is 0 Å². The summed E-state index contributed by atoms with van der Waals surface area (Å²) >= 11 is 0. The van der Waals surface area contributed by atoms with E-state index >= 15 is 0 Å². The van der Waals surface area contributed by atoms with E-state index in [1.807, 2.05) is 0 Å². The van der Waals surface area contributed by atoms with E-state index in [0.29, 0.717) is 5.92 Å². The van der Waals surface area contributed by atoms with Gasteiger partial charge >= 0.3 is 0 Å². The Bertz CT molecular complexity index is 584. The van der Waals surface area contributed by atoms with Crippen LogP contribution < -0.4 is 0 Å². The van der Waals surface area contributed by atoms with Crippen molar-refractivity contribution in [3.05, 3.63) is 64.3 Å². The number of hydrogen-bond acceptors (Lipinski definition) is 0. The maximum Gasteiger partial charge on any atom is 0.0130 e. The molecule has 1 aromatic carbocycles. The summed E-state index contributed by atoms with van der Waals surface area (Å²) in [6.07, 6.45) is 11.6. The van der Waals surface area contributed by atoms with E-state index in [9.17, 15) is 0 Å². The smallest absolute Gasteiger partial charge is 0.0130 e. The Balaban J connectivity index is 1.87. The second kappa shape index (κ2) is 3.22. The van der Waals surface area contributed by atoms with E-state index in [1.54, 1.807) is 16.7 Å². The molecule has 0 saturated heterocycles. The van der Waals surface area contributed by atoms with Gasteiger partial charge in [-0.15, -0.1) is 0 Å². The summed E-state index contributed by atoms with van der Waals surface area (Å²) in [7, 11) is 0. The third-order valence-electron chi connectivity index (χ3n) is 4.44. The van der Waals surface area contributed by atoms with Gasteiger partial charge < -0.3 is 0 Å². The van der Waals surface area contributed by atoms with Crippen LogP contribution in [0.25, 0.3) is 6.08 Å². The zero-order valence-corrected chi connectivity index (χ0v) is 10.1. The van der Waals surface area contributed by atoms with Crippen LogP contribution in [0.2, 0.25) is 0 Å². The van der Waals surface area contributed by atoms with Crippen molar-refractivity contribution in [2.24, 2.45) is 5.92 Å². The fourth-order valence-corrected chi connectivity index (χ4v) is 3.74. The van der Waals surface area contributed by atoms with Crippen LogP contribution in [0.5, 0.6) is 0 Å². The van der Waals surface area contributed by atoms with Gasteiger partial charge in [-0.25, -0.2) is 0 Å². The van der Waals surface area contributed by atoms with E-state index < -0.39 is 0 Å². The Hall–Kier alpha value is -1.56. The fraction of sp³-hybridized carbons (Fsp3) is 0.294. The maximum absolute atomic E-state index is 2.43. The van der Waals surface area contributed by atoms with Crippen LogP contribution in [-0.2, 0) is 6.42 Å². The molecule has 0 spiro atoms. The Morgan fingerprint density at radius 3 is 3.00 bits per heavy atom. The van der Waals surface area contributed by atoms with Crippen LogP contribution >= 0.6 is 0 Å². The van der Waals surface area contributed by atoms with Crippen molar-refractivity contribution in [2.75, 3.05) is 0 Å². The molecule has 0 fully saturated rings. The molecule has 3 aliphatic rings. The van der Waals surface area contributed by atoms with Gasteiger partial charge in [0, 0.05) is 5.92 Å². The molecule has 0 saturated carbocycles. The van der Waals surface area contributed by atoms with E-state index in [2.05, 4.69) is 49.4 Å². The first kappa shape index (κ1) is 9.47. The highest BCUT2D eigenvalue weighted by Crippen LogP contribution is 2.52. The first-order chi connectivity index (χ1) is 8.34. The molecule has 0 amide bonds.